The van der Waals surface area contributed by atoms with Crippen molar-refractivity contribution in [3.05, 3.63) is 33.9 Å². The molecule has 0 aliphatic carbocycles. The first-order chi connectivity index (χ1) is 8.70. The molecule has 3 rings (SSSR count). The molecule has 1 aromatic carbocycles. The Morgan fingerprint density at radius 1 is 1.33 bits per heavy atom. The standard InChI is InChI=1S/C14H18BrN3/c1-17-6-7-18-13-8-10(15)2-3-11(13)12(4-5-16)14(18)9-17/h2-3,8H,4-7,9,16H2,1H3. The quantitative estimate of drug-likeness (QED) is 0.924. The summed E-state index contributed by atoms with van der Waals surface area (Å²) in [6.07, 6.45) is 0.967. The van der Waals surface area contributed by atoms with E-state index in [1.54, 1.807) is 0 Å². The van der Waals surface area contributed by atoms with Gasteiger partial charge >= 0.3 is 0 Å². The van der Waals surface area contributed by atoms with Crippen LogP contribution in [-0.4, -0.2) is 29.6 Å². The first-order valence-electron chi connectivity index (χ1n) is 6.39. The van der Waals surface area contributed by atoms with Crippen LogP contribution in [0.4, 0.5) is 0 Å². The molecule has 1 aromatic heterocycles. The van der Waals surface area contributed by atoms with E-state index in [9.17, 15) is 0 Å². The summed E-state index contributed by atoms with van der Waals surface area (Å²) in [6, 6.07) is 6.57. The first-order valence-corrected chi connectivity index (χ1v) is 7.18. The normalized spacial score (nSPS) is 16.2. The summed E-state index contributed by atoms with van der Waals surface area (Å²) in [5.74, 6) is 0. The van der Waals surface area contributed by atoms with Crippen LogP contribution < -0.4 is 5.73 Å². The molecule has 0 amide bonds. The summed E-state index contributed by atoms with van der Waals surface area (Å²) in [4.78, 5) is 2.38. The molecule has 2 aromatic rings. The highest BCUT2D eigenvalue weighted by molar-refractivity contribution is 9.10. The summed E-state index contributed by atoms with van der Waals surface area (Å²) < 4.78 is 3.61. The second-order valence-electron chi connectivity index (χ2n) is 5.01. The van der Waals surface area contributed by atoms with Gasteiger partial charge in [0.25, 0.3) is 0 Å². The molecule has 1 aliphatic rings. The van der Waals surface area contributed by atoms with Gasteiger partial charge in [-0.2, -0.15) is 0 Å². The van der Waals surface area contributed by atoms with Crippen LogP contribution in [0.2, 0.25) is 0 Å². The van der Waals surface area contributed by atoms with Gasteiger partial charge < -0.3 is 10.3 Å². The molecule has 2 N–H and O–H groups in total. The molecule has 2 heterocycles. The number of nitrogens with zero attached hydrogens (tertiary/aromatic N) is 2. The van der Waals surface area contributed by atoms with Crippen LogP contribution in [0.3, 0.4) is 0 Å². The van der Waals surface area contributed by atoms with Crippen molar-refractivity contribution in [1.29, 1.82) is 0 Å². The van der Waals surface area contributed by atoms with Gasteiger partial charge in [0.05, 0.1) is 0 Å². The topological polar surface area (TPSA) is 34.2 Å². The summed E-state index contributed by atoms with van der Waals surface area (Å²) in [6.45, 7) is 3.93. The Morgan fingerprint density at radius 3 is 2.94 bits per heavy atom. The molecule has 0 saturated carbocycles. The van der Waals surface area contributed by atoms with Crippen molar-refractivity contribution >= 4 is 26.8 Å². The van der Waals surface area contributed by atoms with Crippen LogP contribution in [0, 0.1) is 0 Å². The Bertz CT molecular complexity index is 588. The summed E-state index contributed by atoms with van der Waals surface area (Å²) in [5.41, 5.74) is 10.0. The number of likely N-dealkylation sites (N-methyl/N-ethyl adjacent to an activating group) is 1. The van der Waals surface area contributed by atoms with E-state index in [-0.39, 0.29) is 0 Å². The van der Waals surface area contributed by atoms with E-state index in [1.165, 1.54) is 22.2 Å². The van der Waals surface area contributed by atoms with Crippen LogP contribution in [-0.2, 0) is 19.5 Å². The second kappa shape index (κ2) is 4.68. The van der Waals surface area contributed by atoms with Crippen molar-refractivity contribution in [2.24, 2.45) is 5.73 Å². The van der Waals surface area contributed by atoms with Gasteiger partial charge in [0.1, 0.15) is 0 Å². The smallest absolute Gasteiger partial charge is 0.0497 e. The van der Waals surface area contributed by atoms with E-state index in [4.69, 9.17) is 5.73 Å². The average molecular weight is 308 g/mol. The van der Waals surface area contributed by atoms with E-state index >= 15 is 0 Å². The number of fused-ring (bicyclic) bond motifs is 3. The van der Waals surface area contributed by atoms with Crippen molar-refractivity contribution in [3.63, 3.8) is 0 Å². The molecule has 3 nitrogen and oxygen atoms in total. The third-order valence-electron chi connectivity index (χ3n) is 3.77. The van der Waals surface area contributed by atoms with Crippen molar-refractivity contribution in [1.82, 2.24) is 9.47 Å². The molecule has 0 fully saturated rings. The third-order valence-corrected chi connectivity index (χ3v) is 4.26. The van der Waals surface area contributed by atoms with E-state index < -0.39 is 0 Å². The fraction of sp³-hybridized carbons (Fsp3) is 0.429. The molecule has 0 radical (unpaired) electrons. The Kier molecular flexibility index (Phi) is 3.18. The molecule has 0 atom stereocenters. The van der Waals surface area contributed by atoms with Gasteiger partial charge in [0.15, 0.2) is 0 Å². The number of nitrogens with two attached hydrogens (primary N) is 1. The SMILES string of the molecule is CN1CCn2c(c(CCN)c3ccc(Br)cc32)C1. The molecular formula is C14H18BrN3. The lowest BCUT2D eigenvalue weighted by Gasteiger charge is -2.26. The summed E-state index contributed by atoms with van der Waals surface area (Å²) in [7, 11) is 2.18. The maximum absolute atomic E-state index is 5.78. The number of benzene rings is 1. The summed E-state index contributed by atoms with van der Waals surface area (Å²) in [5, 5.41) is 1.37. The van der Waals surface area contributed by atoms with Gasteiger partial charge in [-0.15, -0.1) is 0 Å². The lowest BCUT2D eigenvalue weighted by molar-refractivity contribution is 0.271. The monoisotopic (exact) mass is 307 g/mol. The zero-order valence-electron chi connectivity index (χ0n) is 10.6. The minimum Gasteiger partial charge on any atom is -0.342 e. The molecule has 0 spiro atoms. The van der Waals surface area contributed by atoms with E-state index in [0.717, 1.165) is 30.5 Å². The largest absolute Gasteiger partial charge is 0.342 e. The zero-order chi connectivity index (χ0) is 12.7. The van der Waals surface area contributed by atoms with E-state index in [2.05, 4.69) is 50.6 Å². The molecule has 96 valence electrons. The van der Waals surface area contributed by atoms with Gasteiger partial charge in [0.2, 0.25) is 0 Å². The lowest BCUT2D eigenvalue weighted by Crippen LogP contribution is -2.30. The maximum Gasteiger partial charge on any atom is 0.0497 e. The molecule has 0 saturated heterocycles. The number of hydrogen-bond donors (Lipinski definition) is 1. The molecule has 0 unspecified atom stereocenters. The van der Waals surface area contributed by atoms with Crippen LogP contribution in [0.5, 0.6) is 0 Å². The molecule has 1 aliphatic heterocycles. The van der Waals surface area contributed by atoms with Gasteiger partial charge in [-0.3, -0.25) is 4.90 Å². The predicted octanol–water partition coefficient (Wildman–Crippen LogP) is 2.35. The van der Waals surface area contributed by atoms with Crippen molar-refractivity contribution in [3.8, 4) is 0 Å². The molecule has 0 bridgehead atoms. The van der Waals surface area contributed by atoms with Crippen LogP contribution >= 0.6 is 15.9 Å². The number of aromatic nitrogens is 1. The van der Waals surface area contributed by atoms with Crippen molar-refractivity contribution < 1.29 is 0 Å². The van der Waals surface area contributed by atoms with Crippen molar-refractivity contribution in [2.75, 3.05) is 20.1 Å². The van der Waals surface area contributed by atoms with E-state index in [0.29, 0.717) is 6.54 Å². The highest BCUT2D eigenvalue weighted by Crippen LogP contribution is 2.31. The second-order valence-corrected chi connectivity index (χ2v) is 5.93. The Hall–Kier alpha value is -0.840. The highest BCUT2D eigenvalue weighted by atomic mass is 79.9. The number of halogens is 1. The minimum atomic E-state index is 0.714. The lowest BCUT2D eigenvalue weighted by atomic mass is 10.1. The number of rotatable bonds is 2. The zero-order valence-corrected chi connectivity index (χ0v) is 12.2. The molecular weight excluding hydrogens is 290 g/mol. The van der Waals surface area contributed by atoms with Gasteiger partial charge in [-0.1, -0.05) is 22.0 Å². The Labute approximate surface area is 116 Å². The third kappa shape index (κ3) is 1.88. The van der Waals surface area contributed by atoms with Crippen molar-refractivity contribution in [2.45, 2.75) is 19.5 Å². The van der Waals surface area contributed by atoms with Gasteiger partial charge in [0, 0.05) is 40.7 Å². The van der Waals surface area contributed by atoms with Crippen LogP contribution in [0.1, 0.15) is 11.3 Å². The van der Waals surface area contributed by atoms with Crippen LogP contribution in [0.15, 0.2) is 22.7 Å². The number of hydrogen-bond acceptors (Lipinski definition) is 2. The molecule has 18 heavy (non-hydrogen) atoms. The first kappa shape index (κ1) is 12.2. The highest BCUT2D eigenvalue weighted by Gasteiger charge is 2.21. The van der Waals surface area contributed by atoms with Crippen LogP contribution in [0.25, 0.3) is 10.9 Å². The fourth-order valence-corrected chi connectivity index (χ4v) is 3.26. The average Bonchev–Trinajstić information content (AvgIpc) is 2.63. The predicted molar refractivity (Wildman–Crippen MR) is 78.7 cm³/mol. The Balaban J connectivity index is 2.26. The molecule has 4 heteroatoms. The fourth-order valence-electron chi connectivity index (χ4n) is 2.91. The minimum absolute atomic E-state index is 0.714. The van der Waals surface area contributed by atoms with Gasteiger partial charge in [-0.25, -0.2) is 0 Å². The van der Waals surface area contributed by atoms with Gasteiger partial charge in [-0.05, 0) is 37.7 Å². The Morgan fingerprint density at radius 2 is 2.17 bits per heavy atom. The maximum atomic E-state index is 5.78. The van der Waals surface area contributed by atoms with E-state index in [1.807, 2.05) is 0 Å². The summed E-state index contributed by atoms with van der Waals surface area (Å²) >= 11 is 3.57.